The molecule has 4 nitrogen and oxygen atoms in total. The molecule has 0 bridgehead atoms. The van der Waals surface area contributed by atoms with Gasteiger partial charge in [0.2, 0.25) is 0 Å². The fourth-order valence-electron chi connectivity index (χ4n) is 3.41. The lowest BCUT2D eigenvalue weighted by Gasteiger charge is -2.20. The normalized spacial score (nSPS) is 22.1. The maximum atomic E-state index is 12.9. The van der Waals surface area contributed by atoms with Crippen LogP contribution in [0.15, 0.2) is 36.5 Å². The summed E-state index contributed by atoms with van der Waals surface area (Å²) in [7, 11) is 1.64. The molecule has 0 aliphatic heterocycles. The topological polar surface area (TPSA) is 48.4 Å². The molecule has 1 heterocycles. The van der Waals surface area contributed by atoms with Gasteiger partial charge in [-0.05, 0) is 44.9 Å². The molecule has 0 amide bonds. The summed E-state index contributed by atoms with van der Waals surface area (Å²) in [6, 6.07) is 9.99. The summed E-state index contributed by atoms with van der Waals surface area (Å²) < 4.78 is 11.0. The van der Waals surface area contributed by atoms with Crippen molar-refractivity contribution in [3.63, 3.8) is 0 Å². The van der Waals surface area contributed by atoms with Gasteiger partial charge in [-0.25, -0.2) is 0 Å². The highest BCUT2D eigenvalue weighted by Crippen LogP contribution is 2.63. The lowest BCUT2D eigenvalue weighted by molar-refractivity contribution is -0.146. The summed E-state index contributed by atoms with van der Waals surface area (Å²) in [6.45, 7) is 6.18. The van der Waals surface area contributed by atoms with Crippen LogP contribution in [-0.4, -0.2) is 24.7 Å². The number of rotatable bonds is 5. The Labute approximate surface area is 142 Å². The van der Waals surface area contributed by atoms with E-state index >= 15 is 0 Å². The number of carbonyl (C=O) groups is 1. The summed E-state index contributed by atoms with van der Waals surface area (Å²) in [4.78, 5) is 17.2. The summed E-state index contributed by atoms with van der Waals surface area (Å²) >= 11 is 0. The molecule has 126 valence electrons. The van der Waals surface area contributed by atoms with E-state index in [0.29, 0.717) is 6.61 Å². The zero-order valence-corrected chi connectivity index (χ0v) is 14.6. The van der Waals surface area contributed by atoms with Crippen LogP contribution >= 0.6 is 0 Å². The van der Waals surface area contributed by atoms with Gasteiger partial charge in [0.15, 0.2) is 0 Å². The summed E-state index contributed by atoms with van der Waals surface area (Å²) in [5.74, 6) is 0.621. The second-order valence-electron chi connectivity index (χ2n) is 6.39. The smallest absolute Gasteiger partial charge is 0.317 e. The number of aryl methyl sites for hydroxylation is 2. The van der Waals surface area contributed by atoms with Crippen molar-refractivity contribution in [2.45, 2.75) is 38.5 Å². The second kappa shape index (κ2) is 6.27. The van der Waals surface area contributed by atoms with Crippen molar-refractivity contribution in [1.82, 2.24) is 4.98 Å². The van der Waals surface area contributed by atoms with E-state index in [0.717, 1.165) is 34.6 Å². The van der Waals surface area contributed by atoms with E-state index in [1.54, 1.807) is 7.11 Å². The minimum Gasteiger partial charge on any atom is -0.496 e. The third-order valence-electron chi connectivity index (χ3n) is 4.77. The molecule has 2 unspecified atom stereocenters. The van der Waals surface area contributed by atoms with Crippen LogP contribution in [0.2, 0.25) is 0 Å². The molecular weight excluding hydrogens is 302 g/mol. The Bertz CT molecular complexity index is 754. The van der Waals surface area contributed by atoms with E-state index in [-0.39, 0.29) is 11.9 Å². The fourth-order valence-corrected chi connectivity index (χ4v) is 3.41. The third kappa shape index (κ3) is 2.66. The van der Waals surface area contributed by atoms with Crippen LogP contribution in [0.5, 0.6) is 5.75 Å². The monoisotopic (exact) mass is 325 g/mol. The van der Waals surface area contributed by atoms with Crippen molar-refractivity contribution in [2.24, 2.45) is 0 Å². The number of esters is 1. The molecular formula is C20H23NO3. The highest BCUT2D eigenvalue weighted by molar-refractivity contribution is 5.90. The Balaban J connectivity index is 2.08. The molecule has 0 radical (unpaired) electrons. The lowest BCUT2D eigenvalue weighted by Crippen LogP contribution is -2.26. The quantitative estimate of drug-likeness (QED) is 0.787. The second-order valence-corrected chi connectivity index (χ2v) is 6.39. The van der Waals surface area contributed by atoms with Crippen molar-refractivity contribution >= 4 is 5.97 Å². The van der Waals surface area contributed by atoms with Crippen LogP contribution in [0.1, 0.15) is 41.6 Å². The van der Waals surface area contributed by atoms with Crippen molar-refractivity contribution in [1.29, 1.82) is 0 Å². The number of carbonyl (C=O) groups excluding carboxylic acids is 1. The van der Waals surface area contributed by atoms with E-state index in [4.69, 9.17) is 9.47 Å². The average Bonchev–Trinajstić information content (AvgIpc) is 3.32. The molecule has 1 aliphatic rings. The maximum absolute atomic E-state index is 12.9. The molecule has 0 spiro atoms. The van der Waals surface area contributed by atoms with Crippen LogP contribution in [0.4, 0.5) is 0 Å². The highest BCUT2D eigenvalue weighted by Gasteiger charge is 2.64. The zero-order valence-electron chi connectivity index (χ0n) is 14.6. The van der Waals surface area contributed by atoms with Crippen LogP contribution in [-0.2, 0) is 14.9 Å². The predicted octanol–water partition coefficient (Wildman–Crippen LogP) is 3.70. The lowest BCUT2D eigenvalue weighted by atomic mass is 9.89. The van der Waals surface area contributed by atoms with E-state index < -0.39 is 5.41 Å². The first-order chi connectivity index (χ1) is 11.5. The van der Waals surface area contributed by atoms with Crippen molar-refractivity contribution in [3.8, 4) is 5.75 Å². The number of aromatic nitrogens is 1. The van der Waals surface area contributed by atoms with Gasteiger partial charge < -0.3 is 9.47 Å². The van der Waals surface area contributed by atoms with Crippen molar-refractivity contribution in [2.75, 3.05) is 13.7 Å². The SMILES string of the molecule is CCOC(=O)C1(c2cc(C)ccc2OC)CC1c1ccc(C)nc1. The summed E-state index contributed by atoms with van der Waals surface area (Å²) in [6.07, 6.45) is 2.58. The third-order valence-corrected chi connectivity index (χ3v) is 4.77. The first-order valence-electron chi connectivity index (χ1n) is 8.27. The molecule has 1 saturated carbocycles. The molecule has 4 heteroatoms. The minimum atomic E-state index is -0.676. The number of nitrogens with zero attached hydrogens (tertiary/aromatic N) is 1. The Hall–Kier alpha value is -2.36. The molecule has 3 rings (SSSR count). The van der Waals surface area contributed by atoms with Gasteiger partial charge in [0.05, 0.1) is 13.7 Å². The van der Waals surface area contributed by atoms with Gasteiger partial charge in [0.25, 0.3) is 0 Å². The molecule has 2 aromatic rings. The van der Waals surface area contributed by atoms with Crippen molar-refractivity contribution in [3.05, 3.63) is 58.9 Å². The number of hydrogen-bond acceptors (Lipinski definition) is 4. The van der Waals surface area contributed by atoms with Crippen LogP contribution in [0, 0.1) is 13.8 Å². The largest absolute Gasteiger partial charge is 0.496 e. The molecule has 2 atom stereocenters. The Morgan fingerprint density at radius 3 is 2.71 bits per heavy atom. The molecule has 24 heavy (non-hydrogen) atoms. The van der Waals surface area contributed by atoms with Gasteiger partial charge in [0.1, 0.15) is 11.2 Å². The van der Waals surface area contributed by atoms with Crippen LogP contribution in [0.3, 0.4) is 0 Å². The fraction of sp³-hybridized carbons (Fsp3) is 0.400. The Kier molecular flexibility index (Phi) is 4.31. The first-order valence-corrected chi connectivity index (χ1v) is 8.27. The average molecular weight is 325 g/mol. The van der Waals surface area contributed by atoms with E-state index in [1.165, 1.54) is 0 Å². The van der Waals surface area contributed by atoms with E-state index in [1.807, 2.05) is 51.2 Å². The van der Waals surface area contributed by atoms with Crippen molar-refractivity contribution < 1.29 is 14.3 Å². The molecule has 0 N–H and O–H groups in total. The summed E-state index contributed by atoms with van der Waals surface area (Å²) in [5, 5.41) is 0. The Morgan fingerprint density at radius 1 is 1.29 bits per heavy atom. The summed E-state index contributed by atoms with van der Waals surface area (Å²) in [5.41, 5.74) is 3.37. The zero-order chi connectivity index (χ0) is 17.3. The molecule has 1 fully saturated rings. The van der Waals surface area contributed by atoms with E-state index in [9.17, 15) is 4.79 Å². The number of benzene rings is 1. The van der Waals surface area contributed by atoms with Gasteiger partial charge in [-0.1, -0.05) is 23.8 Å². The van der Waals surface area contributed by atoms with Gasteiger partial charge in [-0.2, -0.15) is 0 Å². The standard InChI is InChI=1S/C20H23NO3/c1-5-24-19(22)20(16-10-13(2)6-9-18(16)23-4)11-17(20)15-8-7-14(3)21-12-15/h6-10,12,17H,5,11H2,1-4H3. The van der Waals surface area contributed by atoms with Crippen LogP contribution in [0.25, 0.3) is 0 Å². The van der Waals surface area contributed by atoms with Gasteiger partial charge in [-0.3, -0.25) is 9.78 Å². The van der Waals surface area contributed by atoms with Gasteiger partial charge >= 0.3 is 5.97 Å². The minimum absolute atomic E-state index is 0.0698. The highest BCUT2D eigenvalue weighted by atomic mass is 16.5. The number of pyridine rings is 1. The molecule has 1 aromatic carbocycles. The van der Waals surface area contributed by atoms with E-state index in [2.05, 4.69) is 11.1 Å². The van der Waals surface area contributed by atoms with Gasteiger partial charge in [-0.15, -0.1) is 0 Å². The predicted molar refractivity (Wildman–Crippen MR) is 92.4 cm³/mol. The Morgan fingerprint density at radius 2 is 2.08 bits per heavy atom. The molecule has 1 aliphatic carbocycles. The number of ether oxygens (including phenoxy) is 2. The number of hydrogen-bond donors (Lipinski definition) is 0. The van der Waals surface area contributed by atoms with Crippen LogP contribution < -0.4 is 4.74 Å². The first kappa shape index (κ1) is 16.5. The maximum Gasteiger partial charge on any atom is 0.317 e. The molecule has 1 aromatic heterocycles. The number of methoxy groups -OCH3 is 1. The molecule has 0 saturated heterocycles. The van der Waals surface area contributed by atoms with Gasteiger partial charge in [0, 0.05) is 23.4 Å².